The van der Waals surface area contributed by atoms with Gasteiger partial charge < -0.3 is 23.9 Å². The molecule has 7 heteroatoms. The molecule has 0 aliphatic carbocycles. The van der Waals surface area contributed by atoms with Crippen LogP contribution in [0.5, 0.6) is 5.75 Å². The van der Waals surface area contributed by atoms with Gasteiger partial charge in [0.1, 0.15) is 23.9 Å². The number of halogens is 1. The molecule has 0 spiro atoms. The van der Waals surface area contributed by atoms with Gasteiger partial charge in [-0.3, -0.25) is 4.79 Å². The third kappa shape index (κ3) is 6.37. The summed E-state index contributed by atoms with van der Waals surface area (Å²) in [4.78, 5) is 12.1. The van der Waals surface area contributed by atoms with Crippen molar-refractivity contribution in [3.05, 3.63) is 53.7 Å². The van der Waals surface area contributed by atoms with Crippen LogP contribution in [0.15, 0.2) is 40.8 Å². The van der Waals surface area contributed by atoms with Gasteiger partial charge in [0.2, 0.25) is 0 Å². The maximum Gasteiger partial charge on any atom is 0.286 e. The quantitative estimate of drug-likeness (QED) is 0.643. The number of hydrogen-bond donors (Lipinski definition) is 1. The van der Waals surface area contributed by atoms with Crippen molar-refractivity contribution >= 4 is 5.91 Å². The van der Waals surface area contributed by atoms with Crippen LogP contribution in [0.3, 0.4) is 0 Å². The van der Waals surface area contributed by atoms with Crippen LogP contribution in [0.1, 0.15) is 35.6 Å². The van der Waals surface area contributed by atoms with Gasteiger partial charge >= 0.3 is 0 Å². The lowest BCUT2D eigenvalue weighted by molar-refractivity contribution is 0.0166. The van der Waals surface area contributed by atoms with Crippen molar-refractivity contribution in [3.8, 4) is 5.75 Å². The molecule has 1 saturated heterocycles. The second kappa shape index (κ2) is 10.1. The van der Waals surface area contributed by atoms with Crippen molar-refractivity contribution in [3.63, 3.8) is 0 Å². The molecule has 1 aliphatic rings. The van der Waals surface area contributed by atoms with E-state index in [9.17, 15) is 9.18 Å². The Hall–Kier alpha value is -2.38. The molecule has 146 valence electrons. The zero-order valence-electron chi connectivity index (χ0n) is 15.1. The molecule has 1 amide bonds. The Morgan fingerprint density at radius 1 is 1.22 bits per heavy atom. The minimum absolute atomic E-state index is 0.163. The standard InChI is InChI=1S/C20H24FNO5/c21-15-4-6-16(7-5-15)26-14-18-8-9-19(27-18)20(23)22-10-2-11-24-13-17-3-1-12-25-17/h4-9,17H,1-3,10-14H2,(H,22,23). The molecular formula is C20H24FNO5. The van der Waals surface area contributed by atoms with Gasteiger partial charge in [-0.05, 0) is 55.7 Å². The second-order valence-electron chi connectivity index (χ2n) is 6.33. The molecule has 2 aromatic rings. The highest BCUT2D eigenvalue weighted by atomic mass is 19.1. The van der Waals surface area contributed by atoms with Gasteiger partial charge in [0.15, 0.2) is 5.76 Å². The number of carbonyl (C=O) groups is 1. The average molecular weight is 377 g/mol. The van der Waals surface area contributed by atoms with Crippen LogP contribution in [0.25, 0.3) is 0 Å². The normalized spacial score (nSPS) is 16.4. The van der Waals surface area contributed by atoms with Gasteiger partial charge in [-0.1, -0.05) is 0 Å². The van der Waals surface area contributed by atoms with Crippen molar-refractivity contribution in [2.75, 3.05) is 26.4 Å². The first-order chi connectivity index (χ1) is 13.2. The number of carbonyl (C=O) groups excluding carboxylic acids is 1. The minimum atomic E-state index is -0.323. The third-order valence-electron chi connectivity index (χ3n) is 4.16. The van der Waals surface area contributed by atoms with Crippen LogP contribution in [0.2, 0.25) is 0 Å². The molecule has 1 N–H and O–H groups in total. The Morgan fingerprint density at radius 3 is 2.85 bits per heavy atom. The first-order valence-corrected chi connectivity index (χ1v) is 9.15. The van der Waals surface area contributed by atoms with Gasteiger partial charge in [-0.2, -0.15) is 0 Å². The van der Waals surface area contributed by atoms with E-state index in [-0.39, 0.29) is 30.2 Å². The Balaban J connectivity index is 1.31. The van der Waals surface area contributed by atoms with Gasteiger partial charge in [-0.15, -0.1) is 0 Å². The maximum absolute atomic E-state index is 12.9. The number of hydrogen-bond acceptors (Lipinski definition) is 5. The molecule has 1 aromatic carbocycles. The second-order valence-corrected chi connectivity index (χ2v) is 6.33. The first-order valence-electron chi connectivity index (χ1n) is 9.15. The van der Waals surface area contributed by atoms with Crippen LogP contribution in [-0.2, 0) is 16.1 Å². The fourth-order valence-electron chi connectivity index (χ4n) is 2.72. The zero-order chi connectivity index (χ0) is 18.9. The lowest BCUT2D eigenvalue weighted by atomic mass is 10.2. The van der Waals surface area contributed by atoms with Crippen LogP contribution >= 0.6 is 0 Å². The fourth-order valence-corrected chi connectivity index (χ4v) is 2.72. The van der Waals surface area contributed by atoms with E-state index >= 15 is 0 Å². The van der Waals surface area contributed by atoms with E-state index in [0.717, 1.165) is 25.9 Å². The summed E-state index contributed by atoms with van der Waals surface area (Å²) >= 11 is 0. The van der Waals surface area contributed by atoms with E-state index in [1.54, 1.807) is 12.1 Å². The van der Waals surface area contributed by atoms with Crippen molar-refractivity contribution in [2.24, 2.45) is 0 Å². The van der Waals surface area contributed by atoms with E-state index in [1.165, 1.54) is 24.3 Å². The summed E-state index contributed by atoms with van der Waals surface area (Å²) < 4.78 is 34.8. The lowest BCUT2D eigenvalue weighted by Crippen LogP contribution is -2.25. The summed E-state index contributed by atoms with van der Waals surface area (Å²) in [6, 6.07) is 9.00. The fraction of sp³-hybridized carbons (Fsp3) is 0.450. The SMILES string of the molecule is O=C(NCCCOCC1CCCO1)c1ccc(COc2ccc(F)cc2)o1. The lowest BCUT2D eigenvalue weighted by Gasteiger charge is -2.10. The molecule has 0 bridgehead atoms. The summed E-state index contributed by atoms with van der Waals surface area (Å²) in [5.41, 5.74) is 0. The van der Waals surface area contributed by atoms with E-state index in [1.807, 2.05) is 0 Å². The molecule has 1 fully saturated rings. The minimum Gasteiger partial charge on any atom is -0.486 e. The van der Waals surface area contributed by atoms with Crippen molar-refractivity contribution in [2.45, 2.75) is 32.0 Å². The van der Waals surface area contributed by atoms with E-state index in [2.05, 4.69) is 5.32 Å². The van der Waals surface area contributed by atoms with Crippen LogP contribution in [0, 0.1) is 5.82 Å². The molecule has 2 heterocycles. The van der Waals surface area contributed by atoms with Gasteiger partial charge in [-0.25, -0.2) is 4.39 Å². The summed E-state index contributed by atoms with van der Waals surface area (Å²) in [6.07, 6.45) is 3.10. The molecule has 1 unspecified atom stereocenters. The topological polar surface area (TPSA) is 69.9 Å². The molecule has 6 nitrogen and oxygen atoms in total. The number of ether oxygens (including phenoxy) is 3. The maximum atomic E-state index is 12.9. The Bertz CT molecular complexity index is 709. The predicted molar refractivity (Wildman–Crippen MR) is 96.2 cm³/mol. The molecule has 1 aromatic heterocycles. The van der Waals surface area contributed by atoms with Crippen LogP contribution < -0.4 is 10.1 Å². The van der Waals surface area contributed by atoms with Gasteiger partial charge in [0, 0.05) is 19.8 Å². The summed E-state index contributed by atoms with van der Waals surface area (Å²) in [5.74, 6) is 0.679. The largest absolute Gasteiger partial charge is 0.486 e. The predicted octanol–water partition coefficient (Wildman–Crippen LogP) is 3.31. The molecule has 0 saturated carbocycles. The number of amides is 1. The number of nitrogens with one attached hydrogen (secondary N) is 1. The summed E-state index contributed by atoms with van der Waals surface area (Å²) in [6.45, 7) is 2.69. The Kier molecular flexibility index (Phi) is 7.24. The highest BCUT2D eigenvalue weighted by Crippen LogP contribution is 2.15. The summed E-state index contributed by atoms with van der Waals surface area (Å²) in [5, 5.41) is 2.79. The third-order valence-corrected chi connectivity index (χ3v) is 4.16. The van der Waals surface area contributed by atoms with E-state index in [0.29, 0.717) is 31.3 Å². The molecular weight excluding hydrogens is 353 g/mol. The highest BCUT2D eigenvalue weighted by Gasteiger charge is 2.15. The number of rotatable bonds is 10. The highest BCUT2D eigenvalue weighted by molar-refractivity contribution is 5.91. The zero-order valence-corrected chi connectivity index (χ0v) is 15.1. The van der Waals surface area contributed by atoms with Gasteiger partial charge in [0.05, 0.1) is 12.7 Å². The molecule has 1 atom stereocenters. The average Bonchev–Trinajstić information content (AvgIpc) is 3.36. The van der Waals surface area contributed by atoms with Crippen LogP contribution in [-0.4, -0.2) is 38.4 Å². The monoisotopic (exact) mass is 377 g/mol. The number of furan rings is 1. The Morgan fingerprint density at radius 2 is 2.07 bits per heavy atom. The van der Waals surface area contributed by atoms with Crippen molar-refractivity contribution < 1.29 is 27.8 Å². The molecule has 0 radical (unpaired) electrons. The first kappa shape index (κ1) is 19.4. The van der Waals surface area contributed by atoms with Crippen molar-refractivity contribution in [1.82, 2.24) is 5.32 Å². The Labute approximate surface area is 157 Å². The summed E-state index contributed by atoms with van der Waals surface area (Å²) in [7, 11) is 0. The van der Waals surface area contributed by atoms with Crippen LogP contribution in [0.4, 0.5) is 4.39 Å². The van der Waals surface area contributed by atoms with Gasteiger partial charge in [0.25, 0.3) is 5.91 Å². The molecule has 1 aliphatic heterocycles. The molecule has 27 heavy (non-hydrogen) atoms. The van der Waals surface area contributed by atoms with E-state index in [4.69, 9.17) is 18.6 Å². The molecule has 3 rings (SSSR count). The smallest absolute Gasteiger partial charge is 0.286 e. The number of benzene rings is 1. The van der Waals surface area contributed by atoms with Crippen molar-refractivity contribution in [1.29, 1.82) is 0 Å². The van der Waals surface area contributed by atoms with E-state index < -0.39 is 0 Å².